The van der Waals surface area contributed by atoms with Crippen LogP contribution >= 0.6 is 0 Å². The van der Waals surface area contributed by atoms with Gasteiger partial charge in [-0.1, -0.05) is 6.92 Å². The zero-order valence-corrected chi connectivity index (χ0v) is 13.4. The molecule has 0 atom stereocenters. The summed E-state index contributed by atoms with van der Waals surface area (Å²) >= 11 is 0. The lowest BCUT2D eigenvalue weighted by Crippen LogP contribution is -2.38. The molecule has 0 aromatic heterocycles. The SMILES string of the molecule is CCNCCCCS(=O)(=O)NCCCN1CCOCC1. The van der Waals surface area contributed by atoms with Gasteiger partial charge in [0.1, 0.15) is 0 Å². The quantitative estimate of drug-likeness (QED) is 0.527. The molecular formula is C13H29N3O3S. The normalized spacial score (nSPS) is 17.4. The molecule has 1 aliphatic rings. The van der Waals surface area contributed by atoms with Crippen molar-refractivity contribution in [1.29, 1.82) is 0 Å². The van der Waals surface area contributed by atoms with Crippen molar-refractivity contribution in [3.05, 3.63) is 0 Å². The first-order valence-electron chi connectivity index (χ1n) is 7.62. The maximum absolute atomic E-state index is 11.7. The van der Waals surface area contributed by atoms with E-state index >= 15 is 0 Å². The molecule has 0 unspecified atom stereocenters. The zero-order valence-electron chi connectivity index (χ0n) is 12.6. The van der Waals surface area contributed by atoms with Crippen LogP contribution in [0.5, 0.6) is 0 Å². The van der Waals surface area contributed by atoms with Crippen LogP contribution in [0.15, 0.2) is 0 Å². The van der Waals surface area contributed by atoms with E-state index in [1.54, 1.807) is 0 Å². The molecular weight excluding hydrogens is 278 g/mol. The van der Waals surface area contributed by atoms with Crippen molar-refractivity contribution in [2.24, 2.45) is 0 Å². The van der Waals surface area contributed by atoms with E-state index < -0.39 is 10.0 Å². The van der Waals surface area contributed by atoms with Crippen LogP contribution in [0.3, 0.4) is 0 Å². The number of hydrogen-bond donors (Lipinski definition) is 2. The Morgan fingerprint density at radius 2 is 1.85 bits per heavy atom. The van der Waals surface area contributed by atoms with E-state index in [9.17, 15) is 8.42 Å². The summed E-state index contributed by atoms with van der Waals surface area (Å²) in [6.45, 7) is 8.84. The molecule has 6 nitrogen and oxygen atoms in total. The van der Waals surface area contributed by atoms with E-state index in [4.69, 9.17) is 4.74 Å². The van der Waals surface area contributed by atoms with Gasteiger partial charge < -0.3 is 10.1 Å². The van der Waals surface area contributed by atoms with Crippen molar-refractivity contribution in [2.75, 3.05) is 58.2 Å². The second-order valence-corrected chi connectivity index (χ2v) is 7.01. The minimum atomic E-state index is -3.09. The third-order valence-electron chi connectivity index (χ3n) is 3.34. The molecule has 20 heavy (non-hydrogen) atoms. The molecule has 1 aliphatic heterocycles. The molecule has 0 radical (unpaired) electrons. The fourth-order valence-electron chi connectivity index (χ4n) is 2.15. The summed E-state index contributed by atoms with van der Waals surface area (Å²) in [4.78, 5) is 2.31. The summed E-state index contributed by atoms with van der Waals surface area (Å²) in [6.07, 6.45) is 2.48. The Bertz CT molecular complexity index is 330. The number of ether oxygens (including phenoxy) is 1. The number of nitrogens with one attached hydrogen (secondary N) is 2. The molecule has 0 aromatic rings. The van der Waals surface area contributed by atoms with Crippen molar-refractivity contribution in [3.63, 3.8) is 0 Å². The van der Waals surface area contributed by atoms with Gasteiger partial charge in [-0.3, -0.25) is 4.90 Å². The molecule has 1 saturated heterocycles. The highest BCUT2D eigenvalue weighted by Gasteiger charge is 2.11. The first kappa shape index (κ1) is 17.8. The molecule has 0 bridgehead atoms. The number of sulfonamides is 1. The van der Waals surface area contributed by atoms with Gasteiger partial charge in [-0.25, -0.2) is 13.1 Å². The summed E-state index contributed by atoms with van der Waals surface area (Å²) in [5.41, 5.74) is 0. The van der Waals surface area contributed by atoms with Gasteiger partial charge in [0.25, 0.3) is 0 Å². The summed E-state index contributed by atoms with van der Waals surface area (Å²) in [5.74, 6) is 0.232. The van der Waals surface area contributed by atoms with E-state index in [0.29, 0.717) is 13.0 Å². The number of nitrogens with zero attached hydrogens (tertiary/aromatic N) is 1. The van der Waals surface area contributed by atoms with E-state index in [1.165, 1.54) is 0 Å². The Labute approximate surface area is 123 Å². The number of rotatable bonds is 11. The van der Waals surface area contributed by atoms with Crippen LogP contribution in [-0.4, -0.2) is 71.6 Å². The second kappa shape index (κ2) is 10.5. The monoisotopic (exact) mass is 307 g/mol. The number of unbranched alkanes of at least 4 members (excludes halogenated alkanes) is 1. The minimum Gasteiger partial charge on any atom is -0.379 e. The Morgan fingerprint density at radius 1 is 1.10 bits per heavy atom. The zero-order chi connectivity index (χ0) is 14.7. The molecule has 120 valence electrons. The first-order valence-corrected chi connectivity index (χ1v) is 9.27. The van der Waals surface area contributed by atoms with Crippen LogP contribution in [0.4, 0.5) is 0 Å². The van der Waals surface area contributed by atoms with E-state index in [-0.39, 0.29) is 5.75 Å². The van der Waals surface area contributed by atoms with Gasteiger partial charge in [-0.15, -0.1) is 0 Å². The topological polar surface area (TPSA) is 70.7 Å². The van der Waals surface area contributed by atoms with Crippen molar-refractivity contribution >= 4 is 10.0 Å². The highest BCUT2D eigenvalue weighted by Crippen LogP contribution is 1.98. The van der Waals surface area contributed by atoms with Gasteiger partial charge in [-0.2, -0.15) is 0 Å². The molecule has 2 N–H and O–H groups in total. The van der Waals surface area contributed by atoms with Crippen LogP contribution in [0.2, 0.25) is 0 Å². The van der Waals surface area contributed by atoms with Crippen LogP contribution in [0, 0.1) is 0 Å². The summed E-state index contributed by atoms with van der Waals surface area (Å²) in [5, 5.41) is 3.19. The van der Waals surface area contributed by atoms with Crippen LogP contribution < -0.4 is 10.0 Å². The number of hydrogen-bond acceptors (Lipinski definition) is 5. The van der Waals surface area contributed by atoms with E-state index in [2.05, 4.69) is 14.9 Å². The maximum Gasteiger partial charge on any atom is 0.211 e. The predicted molar refractivity (Wildman–Crippen MR) is 81.4 cm³/mol. The summed E-state index contributed by atoms with van der Waals surface area (Å²) < 4.78 is 31.5. The van der Waals surface area contributed by atoms with Crippen LogP contribution in [0.1, 0.15) is 26.2 Å². The average molecular weight is 307 g/mol. The summed E-state index contributed by atoms with van der Waals surface area (Å²) in [7, 11) is -3.09. The molecule has 1 fully saturated rings. The second-order valence-electron chi connectivity index (χ2n) is 5.08. The lowest BCUT2D eigenvalue weighted by atomic mass is 10.3. The Kier molecular flexibility index (Phi) is 9.37. The fourth-order valence-corrected chi connectivity index (χ4v) is 3.33. The third kappa shape index (κ3) is 8.86. The standard InChI is InChI=1S/C13H29N3O3S/c1-2-14-6-3-4-13-20(17,18)15-7-5-8-16-9-11-19-12-10-16/h14-15H,2-13H2,1H3. The van der Waals surface area contributed by atoms with Crippen molar-refractivity contribution < 1.29 is 13.2 Å². The third-order valence-corrected chi connectivity index (χ3v) is 4.81. The Morgan fingerprint density at radius 3 is 2.55 bits per heavy atom. The molecule has 7 heteroatoms. The molecule has 1 rings (SSSR count). The molecule has 0 saturated carbocycles. The van der Waals surface area contributed by atoms with Gasteiger partial charge in [0.15, 0.2) is 0 Å². The average Bonchev–Trinajstić information content (AvgIpc) is 2.44. The molecule has 1 heterocycles. The molecule has 0 aromatic carbocycles. The van der Waals surface area contributed by atoms with Crippen molar-refractivity contribution in [2.45, 2.75) is 26.2 Å². The lowest BCUT2D eigenvalue weighted by molar-refractivity contribution is 0.0376. The van der Waals surface area contributed by atoms with Gasteiger partial charge >= 0.3 is 0 Å². The fraction of sp³-hybridized carbons (Fsp3) is 1.00. The minimum absolute atomic E-state index is 0.232. The van der Waals surface area contributed by atoms with Crippen LogP contribution in [-0.2, 0) is 14.8 Å². The van der Waals surface area contributed by atoms with E-state index in [1.807, 2.05) is 6.92 Å². The largest absolute Gasteiger partial charge is 0.379 e. The summed E-state index contributed by atoms with van der Waals surface area (Å²) in [6, 6.07) is 0. The predicted octanol–water partition coefficient (Wildman–Crippen LogP) is 0.0178. The number of morpholine rings is 1. The van der Waals surface area contributed by atoms with Gasteiger partial charge in [0, 0.05) is 19.6 Å². The van der Waals surface area contributed by atoms with E-state index in [0.717, 1.165) is 58.8 Å². The van der Waals surface area contributed by atoms with Crippen molar-refractivity contribution in [1.82, 2.24) is 14.9 Å². The van der Waals surface area contributed by atoms with Gasteiger partial charge in [-0.05, 0) is 38.9 Å². The maximum atomic E-state index is 11.7. The van der Waals surface area contributed by atoms with Crippen molar-refractivity contribution in [3.8, 4) is 0 Å². The highest BCUT2D eigenvalue weighted by molar-refractivity contribution is 7.89. The molecule has 0 spiro atoms. The Hall–Kier alpha value is -0.210. The molecule has 0 aliphatic carbocycles. The van der Waals surface area contributed by atoms with Gasteiger partial charge in [0.2, 0.25) is 10.0 Å². The molecule has 0 amide bonds. The Balaban J connectivity index is 2.01. The highest BCUT2D eigenvalue weighted by atomic mass is 32.2. The lowest BCUT2D eigenvalue weighted by Gasteiger charge is -2.26. The smallest absolute Gasteiger partial charge is 0.211 e. The van der Waals surface area contributed by atoms with Crippen LogP contribution in [0.25, 0.3) is 0 Å². The van der Waals surface area contributed by atoms with Gasteiger partial charge in [0.05, 0.1) is 19.0 Å². The first-order chi connectivity index (χ1) is 9.64.